The summed E-state index contributed by atoms with van der Waals surface area (Å²) in [4.78, 5) is 23.6. The standard InChI is InChI=1S/C16H20O5/c1-10(2)21-16(18)14(11(3)17)8-12-6-7-13(19-4)9-15(12)20-5/h6-10H,1-5H3. The Bertz CT molecular complexity index is 558. The van der Waals surface area contributed by atoms with E-state index in [2.05, 4.69) is 0 Å². The molecular formula is C16H20O5. The second kappa shape index (κ2) is 7.47. The number of Topliss-reactive ketones (excluding diaryl/α,β-unsaturated/α-hetero) is 1. The van der Waals surface area contributed by atoms with Gasteiger partial charge in [-0.05, 0) is 39.0 Å². The van der Waals surface area contributed by atoms with Crippen LogP contribution in [0.2, 0.25) is 0 Å². The molecule has 0 bridgehead atoms. The molecule has 0 aliphatic rings. The molecule has 0 fully saturated rings. The first-order chi connectivity index (χ1) is 9.88. The summed E-state index contributed by atoms with van der Waals surface area (Å²) in [5.74, 6) is 0.123. The molecule has 0 saturated heterocycles. The van der Waals surface area contributed by atoms with Gasteiger partial charge >= 0.3 is 5.97 Å². The largest absolute Gasteiger partial charge is 0.497 e. The average Bonchev–Trinajstić information content (AvgIpc) is 2.43. The fourth-order valence-electron chi connectivity index (χ4n) is 1.68. The highest BCUT2D eigenvalue weighted by atomic mass is 16.5. The first-order valence-corrected chi connectivity index (χ1v) is 6.54. The van der Waals surface area contributed by atoms with Crippen LogP contribution in [0.1, 0.15) is 26.3 Å². The minimum Gasteiger partial charge on any atom is -0.497 e. The minimum atomic E-state index is -0.643. The Balaban J connectivity index is 3.22. The number of hydrogen-bond acceptors (Lipinski definition) is 5. The monoisotopic (exact) mass is 292 g/mol. The number of benzene rings is 1. The molecule has 0 N–H and O–H groups in total. The number of hydrogen-bond donors (Lipinski definition) is 0. The maximum atomic E-state index is 11.9. The summed E-state index contributed by atoms with van der Waals surface area (Å²) >= 11 is 0. The van der Waals surface area contributed by atoms with Gasteiger partial charge in [0.15, 0.2) is 5.78 Å². The van der Waals surface area contributed by atoms with Crippen LogP contribution in [0.15, 0.2) is 23.8 Å². The van der Waals surface area contributed by atoms with E-state index in [9.17, 15) is 9.59 Å². The van der Waals surface area contributed by atoms with Gasteiger partial charge in [-0.25, -0.2) is 4.79 Å². The van der Waals surface area contributed by atoms with Gasteiger partial charge in [0.1, 0.15) is 17.1 Å². The fourth-order valence-corrected chi connectivity index (χ4v) is 1.68. The first-order valence-electron chi connectivity index (χ1n) is 6.54. The van der Waals surface area contributed by atoms with Crippen molar-refractivity contribution in [2.45, 2.75) is 26.9 Å². The third kappa shape index (κ3) is 4.63. The lowest BCUT2D eigenvalue weighted by atomic mass is 10.1. The van der Waals surface area contributed by atoms with Crippen LogP contribution in [0.25, 0.3) is 6.08 Å². The quantitative estimate of drug-likeness (QED) is 0.349. The fraction of sp³-hybridized carbons (Fsp3) is 0.375. The van der Waals surface area contributed by atoms with Gasteiger partial charge < -0.3 is 14.2 Å². The minimum absolute atomic E-state index is 0.0211. The molecule has 0 amide bonds. The van der Waals surface area contributed by atoms with Crippen LogP contribution in [-0.2, 0) is 14.3 Å². The summed E-state index contributed by atoms with van der Waals surface area (Å²) in [7, 11) is 3.05. The number of carbonyl (C=O) groups excluding carboxylic acids is 2. The number of ether oxygens (including phenoxy) is 3. The van der Waals surface area contributed by atoms with Gasteiger partial charge in [-0.2, -0.15) is 0 Å². The molecule has 0 heterocycles. The summed E-state index contributed by atoms with van der Waals surface area (Å²) in [5.41, 5.74) is 0.580. The summed E-state index contributed by atoms with van der Waals surface area (Å²) in [6.45, 7) is 4.77. The van der Waals surface area contributed by atoms with Crippen molar-refractivity contribution in [1.29, 1.82) is 0 Å². The van der Waals surface area contributed by atoms with E-state index in [0.29, 0.717) is 17.1 Å². The van der Waals surface area contributed by atoms with Crippen molar-refractivity contribution in [2.75, 3.05) is 14.2 Å². The topological polar surface area (TPSA) is 61.8 Å². The first kappa shape index (κ1) is 16.8. The predicted molar refractivity (Wildman–Crippen MR) is 79.4 cm³/mol. The SMILES string of the molecule is COc1ccc(C=C(C(C)=O)C(=O)OC(C)C)c(OC)c1. The lowest BCUT2D eigenvalue weighted by Crippen LogP contribution is -2.17. The van der Waals surface area contributed by atoms with Crippen molar-refractivity contribution in [3.05, 3.63) is 29.3 Å². The van der Waals surface area contributed by atoms with Crippen LogP contribution in [0.5, 0.6) is 11.5 Å². The van der Waals surface area contributed by atoms with Gasteiger partial charge in [-0.1, -0.05) is 0 Å². The van der Waals surface area contributed by atoms with E-state index in [1.807, 2.05) is 0 Å². The Morgan fingerprint density at radius 2 is 1.81 bits per heavy atom. The third-order valence-electron chi connectivity index (χ3n) is 2.68. The summed E-state index contributed by atoms with van der Waals surface area (Å²) in [5, 5.41) is 0. The second-order valence-corrected chi connectivity index (χ2v) is 4.68. The highest BCUT2D eigenvalue weighted by Gasteiger charge is 2.18. The molecule has 21 heavy (non-hydrogen) atoms. The Morgan fingerprint density at radius 3 is 2.29 bits per heavy atom. The van der Waals surface area contributed by atoms with Crippen LogP contribution >= 0.6 is 0 Å². The van der Waals surface area contributed by atoms with E-state index in [-0.39, 0.29) is 17.5 Å². The van der Waals surface area contributed by atoms with Crippen molar-refractivity contribution in [2.24, 2.45) is 0 Å². The molecule has 0 radical (unpaired) electrons. The maximum absolute atomic E-state index is 11.9. The van der Waals surface area contributed by atoms with Gasteiger partial charge in [0.05, 0.1) is 20.3 Å². The Morgan fingerprint density at radius 1 is 1.14 bits per heavy atom. The van der Waals surface area contributed by atoms with E-state index < -0.39 is 5.97 Å². The zero-order valence-electron chi connectivity index (χ0n) is 12.9. The van der Waals surface area contributed by atoms with E-state index in [0.717, 1.165) is 0 Å². The lowest BCUT2D eigenvalue weighted by Gasteiger charge is -2.11. The summed E-state index contributed by atoms with van der Waals surface area (Å²) < 4.78 is 15.4. The maximum Gasteiger partial charge on any atom is 0.342 e. The van der Waals surface area contributed by atoms with Crippen molar-refractivity contribution in [3.8, 4) is 11.5 Å². The van der Waals surface area contributed by atoms with Gasteiger partial charge in [-0.15, -0.1) is 0 Å². The van der Waals surface area contributed by atoms with Gasteiger partial charge in [0.2, 0.25) is 0 Å². The Labute approximate surface area is 124 Å². The zero-order valence-corrected chi connectivity index (χ0v) is 12.9. The molecule has 5 nitrogen and oxygen atoms in total. The van der Waals surface area contributed by atoms with Crippen LogP contribution in [0, 0.1) is 0 Å². The van der Waals surface area contributed by atoms with Gasteiger partial charge in [0, 0.05) is 11.6 Å². The molecule has 0 unspecified atom stereocenters. The van der Waals surface area contributed by atoms with E-state index in [4.69, 9.17) is 14.2 Å². The van der Waals surface area contributed by atoms with Crippen LogP contribution in [0.4, 0.5) is 0 Å². The number of ketones is 1. The number of methoxy groups -OCH3 is 2. The molecule has 0 saturated carbocycles. The molecule has 0 spiro atoms. The number of esters is 1. The van der Waals surface area contributed by atoms with Crippen molar-refractivity contribution in [1.82, 2.24) is 0 Å². The molecular weight excluding hydrogens is 272 g/mol. The lowest BCUT2D eigenvalue weighted by molar-refractivity contribution is -0.143. The average molecular weight is 292 g/mol. The Kier molecular flexibility index (Phi) is 5.96. The predicted octanol–water partition coefficient (Wildman–Crippen LogP) is 2.63. The molecule has 1 aromatic rings. The van der Waals surface area contributed by atoms with Gasteiger partial charge in [-0.3, -0.25) is 4.79 Å². The summed E-state index contributed by atoms with van der Waals surface area (Å²) in [6.07, 6.45) is 1.17. The zero-order chi connectivity index (χ0) is 16.0. The molecule has 1 rings (SSSR count). The molecule has 0 aliphatic carbocycles. The molecule has 114 valence electrons. The summed E-state index contributed by atoms with van der Waals surface area (Å²) in [6, 6.07) is 5.11. The van der Waals surface area contributed by atoms with Gasteiger partial charge in [0.25, 0.3) is 0 Å². The molecule has 1 aromatic carbocycles. The third-order valence-corrected chi connectivity index (χ3v) is 2.68. The highest BCUT2D eigenvalue weighted by molar-refractivity contribution is 6.20. The smallest absolute Gasteiger partial charge is 0.342 e. The van der Waals surface area contributed by atoms with Crippen LogP contribution < -0.4 is 9.47 Å². The van der Waals surface area contributed by atoms with Crippen molar-refractivity contribution < 1.29 is 23.8 Å². The highest BCUT2D eigenvalue weighted by Crippen LogP contribution is 2.27. The molecule has 0 aromatic heterocycles. The normalized spacial score (nSPS) is 11.2. The molecule has 0 atom stereocenters. The number of carbonyl (C=O) groups is 2. The Hall–Kier alpha value is -2.30. The molecule has 5 heteroatoms. The second-order valence-electron chi connectivity index (χ2n) is 4.68. The van der Waals surface area contributed by atoms with E-state index >= 15 is 0 Å². The van der Waals surface area contributed by atoms with Crippen LogP contribution in [0.3, 0.4) is 0 Å². The van der Waals surface area contributed by atoms with E-state index in [1.54, 1.807) is 39.2 Å². The van der Waals surface area contributed by atoms with E-state index in [1.165, 1.54) is 20.1 Å². The van der Waals surface area contributed by atoms with Crippen LogP contribution in [-0.4, -0.2) is 32.1 Å². The number of rotatable bonds is 6. The van der Waals surface area contributed by atoms with Crippen molar-refractivity contribution >= 4 is 17.8 Å². The molecule has 0 aliphatic heterocycles. The van der Waals surface area contributed by atoms with Crippen molar-refractivity contribution in [3.63, 3.8) is 0 Å².